The Morgan fingerprint density at radius 2 is 1.38 bits per heavy atom. The molecule has 0 spiro atoms. The van der Waals surface area contributed by atoms with Gasteiger partial charge in [-0.05, 0) is 25.1 Å². The van der Waals surface area contributed by atoms with Gasteiger partial charge in [0, 0.05) is 17.0 Å². The lowest BCUT2D eigenvalue weighted by molar-refractivity contribution is 0.306. The maximum Gasteiger partial charge on any atom is 0.218 e. The zero-order valence-corrected chi connectivity index (χ0v) is 12.3. The average molecular weight is 331 g/mol. The lowest BCUT2D eigenvalue weighted by Gasteiger charge is -2.13. The molecule has 0 aliphatic rings. The summed E-state index contributed by atoms with van der Waals surface area (Å²) < 4.78 is 5.29. The first-order valence-corrected chi connectivity index (χ1v) is 6.76. The van der Waals surface area contributed by atoms with Gasteiger partial charge in [-0.1, -0.05) is 0 Å². The number of aryl methyl sites for hydroxylation is 1. The van der Waals surface area contributed by atoms with Gasteiger partial charge in [0.05, 0.1) is 5.69 Å². The van der Waals surface area contributed by atoms with E-state index in [1.165, 1.54) is 18.3 Å². The molecular formula is C16H13NO7. The van der Waals surface area contributed by atoms with E-state index in [0.29, 0.717) is 16.5 Å². The molecule has 0 fully saturated rings. The molecule has 6 N–H and O–H groups in total. The fourth-order valence-corrected chi connectivity index (χ4v) is 2.23. The highest BCUT2D eigenvalue weighted by atomic mass is 16.5. The van der Waals surface area contributed by atoms with E-state index in [2.05, 4.69) is 4.98 Å². The Morgan fingerprint density at radius 1 is 0.792 bits per heavy atom. The molecule has 0 amide bonds. The second-order valence-corrected chi connectivity index (χ2v) is 5.12. The van der Waals surface area contributed by atoms with Gasteiger partial charge in [-0.2, -0.15) is 0 Å². The van der Waals surface area contributed by atoms with Crippen LogP contribution in [-0.4, -0.2) is 35.6 Å². The van der Waals surface area contributed by atoms with Gasteiger partial charge in [0.2, 0.25) is 34.5 Å². The number of ether oxygens (including phenoxy) is 1. The standard InChI is InChI=1S/C16H13NO7/c1-6-10(18)9-3-2-8(4-7(9)5-17-6)24-16-14(22)12(20)11(19)13(21)15(16)23/h2-5,18-23H,1H3. The van der Waals surface area contributed by atoms with E-state index in [0.717, 1.165) is 0 Å². The number of hydrogen-bond donors (Lipinski definition) is 6. The van der Waals surface area contributed by atoms with Crippen molar-refractivity contribution < 1.29 is 35.4 Å². The average Bonchev–Trinajstić information content (AvgIpc) is 2.58. The van der Waals surface area contributed by atoms with Crippen LogP contribution in [0.2, 0.25) is 0 Å². The summed E-state index contributed by atoms with van der Waals surface area (Å²) in [6.07, 6.45) is 1.50. The number of phenolic OH excluding ortho intramolecular Hbond substituents is 5. The van der Waals surface area contributed by atoms with Gasteiger partial charge in [-0.25, -0.2) is 0 Å². The third-order valence-corrected chi connectivity index (χ3v) is 3.57. The van der Waals surface area contributed by atoms with E-state index in [4.69, 9.17) is 4.74 Å². The highest BCUT2D eigenvalue weighted by Crippen LogP contribution is 2.56. The summed E-state index contributed by atoms with van der Waals surface area (Å²) in [5.74, 6) is -5.49. The topological polar surface area (TPSA) is 144 Å². The quantitative estimate of drug-likeness (QED) is 0.310. The monoisotopic (exact) mass is 331 g/mol. The number of hydrogen-bond acceptors (Lipinski definition) is 8. The van der Waals surface area contributed by atoms with Crippen molar-refractivity contribution in [3.63, 3.8) is 0 Å². The molecular weight excluding hydrogens is 318 g/mol. The van der Waals surface area contributed by atoms with Gasteiger partial charge in [0.15, 0.2) is 0 Å². The minimum Gasteiger partial charge on any atom is -0.505 e. The number of rotatable bonds is 2. The minimum absolute atomic E-state index is 0.0182. The molecule has 8 nitrogen and oxygen atoms in total. The minimum atomic E-state index is -1.07. The molecule has 124 valence electrons. The Bertz CT molecular complexity index is 940. The predicted molar refractivity (Wildman–Crippen MR) is 83.0 cm³/mol. The van der Waals surface area contributed by atoms with E-state index in [1.54, 1.807) is 13.0 Å². The van der Waals surface area contributed by atoms with Gasteiger partial charge in [-0.15, -0.1) is 0 Å². The molecule has 3 rings (SSSR count). The Labute approximate surface area is 135 Å². The molecule has 0 aliphatic carbocycles. The lowest BCUT2D eigenvalue weighted by atomic mass is 10.1. The number of pyridine rings is 1. The van der Waals surface area contributed by atoms with Crippen LogP contribution in [0.3, 0.4) is 0 Å². The maximum absolute atomic E-state index is 9.95. The fraction of sp³-hybridized carbons (Fsp3) is 0.0625. The molecule has 8 heteroatoms. The molecule has 2 aromatic carbocycles. The normalized spacial score (nSPS) is 10.9. The number of phenols is 5. The Morgan fingerprint density at radius 3 is 2.00 bits per heavy atom. The third-order valence-electron chi connectivity index (χ3n) is 3.57. The van der Waals surface area contributed by atoms with Gasteiger partial charge in [0.25, 0.3) is 0 Å². The van der Waals surface area contributed by atoms with Crippen LogP contribution in [-0.2, 0) is 0 Å². The SMILES string of the molecule is Cc1ncc2cc(Oc3c(O)c(O)c(O)c(O)c3O)ccc2c1O. The fourth-order valence-electron chi connectivity index (χ4n) is 2.23. The largest absolute Gasteiger partial charge is 0.505 e. The predicted octanol–water partition coefficient (Wildman–Crippen LogP) is 2.57. The van der Waals surface area contributed by atoms with Gasteiger partial charge < -0.3 is 35.4 Å². The molecule has 3 aromatic rings. The molecule has 0 saturated carbocycles. The van der Waals surface area contributed by atoms with Crippen LogP contribution in [0.1, 0.15) is 5.69 Å². The van der Waals surface area contributed by atoms with Crippen molar-refractivity contribution in [2.45, 2.75) is 6.92 Å². The third kappa shape index (κ3) is 2.21. The first-order chi connectivity index (χ1) is 11.3. The first kappa shape index (κ1) is 15.3. The molecule has 1 aromatic heterocycles. The second kappa shape index (κ2) is 5.27. The zero-order valence-electron chi connectivity index (χ0n) is 12.3. The van der Waals surface area contributed by atoms with Gasteiger partial charge in [0.1, 0.15) is 11.5 Å². The number of nitrogens with zero attached hydrogens (tertiary/aromatic N) is 1. The van der Waals surface area contributed by atoms with Crippen molar-refractivity contribution in [3.05, 3.63) is 30.1 Å². The van der Waals surface area contributed by atoms with Crippen LogP contribution >= 0.6 is 0 Å². The summed E-state index contributed by atoms with van der Waals surface area (Å²) in [6, 6.07) is 4.46. The smallest absolute Gasteiger partial charge is 0.218 e. The molecule has 0 radical (unpaired) electrons. The number of aromatic nitrogens is 1. The Hall–Kier alpha value is -3.55. The highest BCUT2D eigenvalue weighted by molar-refractivity contribution is 5.89. The van der Waals surface area contributed by atoms with E-state index in [-0.39, 0.29) is 11.5 Å². The van der Waals surface area contributed by atoms with E-state index >= 15 is 0 Å². The Balaban J connectivity index is 2.10. The van der Waals surface area contributed by atoms with Gasteiger partial charge in [-0.3, -0.25) is 4.98 Å². The summed E-state index contributed by atoms with van der Waals surface area (Å²) in [5.41, 5.74) is 0.458. The van der Waals surface area contributed by atoms with Crippen LogP contribution in [0.15, 0.2) is 24.4 Å². The van der Waals surface area contributed by atoms with Crippen LogP contribution in [0.25, 0.3) is 10.8 Å². The van der Waals surface area contributed by atoms with Crippen LogP contribution in [0, 0.1) is 6.92 Å². The van der Waals surface area contributed by atoms with Crippen molar-refractivity contribution in [3.8, 4) is 46.0 Å². The van der Waals surface area contributed by atoms with Crippen molar-refractivity contribution in [2.75, 3.05) is 0 Å². The van der Waals surface area contributed by atoms with Crippen molar-refractivity contribution in [1.82, 2.24) is 4.98 Å². The number of aromatic hydroxyl groups is 6. The maximum atomic E-state index is 9.95. The molecule has 1 heterocycles. The molecule has 0 saturated heterocycles. The Kier molecular flexibility index (Phi) is 3.37. The first-order valence-electron chi connectivity index (χ1n) is 6.76. The molecule has 0 bridgehead atoms. The lowest BCUT2D eigenvalue weighted by Crippen LogP contribution is -1.89. The van der Waals surface area contributed by atoms with Crippen LogP contribution < -0.4 is 4.74 Å². The molecule has 0 atom stereocenters. The number of benzene rings is 2. The van der Waals surface area contributed by atoms with E-state index < -0.39 is 34.5 Å². The summed E-state index contributed by atoms with van der Waals surface area (Å²) in [5, 5.41) is 58.9. The van der Waals surface area contributed by atoms with E-state index in [1.807, 2.05) is 0 Å². The molecule has 24 heavy (non-hydrogen) atoms. The zero-order chi connectivity index (χ0) is 17.6. The van der Waals surface area contributed by atoms with Gasteiger partial charge >= 0.3 is 0 Å². The van der Waals surface area contributed by atoms with E-state index in [9.17, 15) is 30.6 Å². The van der Waals surface area contributed by atoms with Crippen LogP contribution in [0.4, 0.5) is 0 Å². The number of fused-ring (bicyclic) bond motifs is 1. The molecule has 0 unspecified atom stereocenters. The van der Waals surface area contributed by atoms with Crippen molar-refractivity contribution >= 4 is 10.8 Å². The van der Waals surface area contributed by atoms with Crippen LogP contribution in [0.5, 0.6) is 46.0 Å². The van der Waals surface area contributed by atoms with Crippen molar-refractivity contribution in [1.29, 1.82) is 0 Å². The summed E-state index contributed by atoms with van der Waals surface area (Å²) >= 11 is 0. The summed E-state index contributed by atoms with van der Waals surface area (Å²) in [4.78, 5) is 4.01. The summed E-state index contributed by atoms with van der Waals surface area (Å²) in [7, 11) is 0. The molecule has 0 aliphatic heterocycles. The summed E-state index contributed by atoms with van der Waals surface area (Å²) in [6.45, 7) is 1.65. The van der Waals surface area contributed by atoms with Crippen molar-refractivity contribution in [2.24, 2.45) is 0 Å². The second-order valence-electron chi connectivity index (χ2n) is 5.12. The highest BCUT2D eigenvalue weighted by Gasteiger charge is 2.25.